The molecule has 0 aliphatic heterocycles. The molecule has 0 aliphatic carbocycles. The van der Waals surface area contributed by atoms with Gasteiger partial charge in [-0.3, -0.25) is 0 Å². The second-order valence-corrected chi connectivity index (χ2v) is 3.86. The van der Waals surface area contributed by atoms with Gasteiger partial charge in [-0.2, -0.15) is 0 Å². The van der Waals surface area contributed by atoms with Gasteiger partial charge in [0.15, 0.2) is 0 Å². The van der Waals surface area contributed by atoms with Crippen LogP contribution in [-0.2, 0) is 6.61 Å². The van der Waals surface area contributed by atoms with Gasteiger partial charge < -0.3 is 20.1 Å². The molecule has 0 saturated heterocycles. The molecule has 0 fully saturated rings. The summed E-state index contributed by atoms with van der Waals surface area (Å²) in [7, 11) is 0. The molecule has 0 heterocycles. The van der Waals surface area contributed by atoms with E-state index in [-0.39, 0.29) is 19.8 Å². The van der Waals surface area contributed by atoms with Crippen LogP contribution in [0.25, 0.3) is 0 Å². The average Bonchev–Trinajstić information content (AvgIpc) is 2.27. The molecule has 0 aromatic heterocycles. The van der Waals surface area contributed by atoms with Crippen LogP contribution in [0.2, 0.25) is 0 Å². The van der Waals surface area contributed by atoms with E-state index in [1.165, 1.54) is 0 Å². The van der Waals surface area contributed by atoms with Crippen LogP contribution in [0.1, 0.15) is 16.7 Å². The van der Waals surface area contributed by atoms with Crippen molar-refractivity contribution in [2.24, 2.45) is 0 Å². The Morgan fingerprint density at radius 2 is 1.75 bits per heavy atom. The molecule has 1 aromatic rings. The summed E-state index contributed by atoms with van der Waals surface area (Å²) in [5.74, 6) is 0.699. The van der Waals surface area contributed by atoms with Crippen molar-refractivity contribution in [1.29, 1.82) is 0 Å². The summed E-state index contributed by atoms with van der Waals surface area (Å²) in [6.07, 6.45) is -0.865. The highest BCUT2D eigenvalue weighted by Crippen LogP contribution is 2.24. The minimum atomic E-state index is -0.865. The topological polar surface area (TPSA) is 69.9 Å². The lowest BCUT2D eigenvalue weighted by Gasteiger charge is -2.15. The van der Waals surface area contributed by atoms with Crippen LogP contribution in [0, 0.1) is 13.8 Å². The van der Waals surface area contributed by atoms with Crippen LogP contribution in [0.3, 0.4) is 0 Å². The van der Waals surface area contributed by atoms with Gasteiger partial charge in [0.2, 0.25) is 0 Å². The lowest BCUT2D eigenvalue weighted by molar-refractivity contribution is 0.0531. The Kier molecular flexibility index (Phi) is 4.73. The highest BCUT2D eigenvalue weighted by Gasteiger charge is 2.09. The molecule has 1 aromatic carbocycles. The first-order valence-electron chi connectivity index (χ1n) is 5.21. The summed E-state index contributed by atoms with van der Waals surface area (Å²) in [6.45, 7) is 3.52. The Morgan fingerprint density at radius 3 is 2.19 bits per heavy atom. The van der Waals surface area contributed by atoms with Gasteiger partial charge in [-0.25, -0.2) is 0 Å². The summed E-state index contributed by atoms with van der Waals surface area (Å²) in [5.41, 5.74) is 2.66. The van der Waals surface area contributed by atoms with Crippen LogP contribution in [0.4, 0.5) is 0 Å². The molecule has 90 valence electrons. The number of aliphatic hydroxyl groups is 3. The SMILES string of the molecule is Cc1cc(CO)cc(C)c1OCC(O)CO. The third-order valence-corrected chi connectivity index (χ3v) is 2.33. The zero-order valence-corrected chi connectivity index (χ0v) is 9.60. The van der Waals surface area contributed by atoms with E-state index in [0.717, 1.165) is 16.7 Å². The Bertz CT molecular complexity index is 326. The largest absolute Gasteiger partial charge is 0.490 e. The molecule has 0 amide bonds. The maximum Gasteiger partial charge on any atom is 0.125 e. The molecule has 0 radical (unpaired) electrons. The fourth-order valence-electron chi connectivity index (χ4n) is 1.59. The van der Waals surface area contributed by atoms with Crippen LogP contribution in [0.15, 0.2) is 12.1 Å². The number of ether oxygens (including phenoxy) is 1. The second kappa shape index (κ2) is 5.84. The Balaban J connectivity index is 2.80. The number of aryl methyl sites for hydroxylation is 2. The van der Waals surface area contributed by atoms with Crippen LogP contribution >= 0.6 is 0 Å². The summed E-state index contributed by atoms with van der Waals surface area (Å²) < 4.78 is 5.43. The fourth-order valence-corrected chi connectivity index (χ4v) is 1.59. The van der Waals surface area contributed by atoms with Gasteiger partial charge in [-0.05, 0) is 30.5 Å². The third-order valence-electron chi connectivity index (χ3n) is 2.33. The first-order chi connectivity index (χ1) is 7.58. The zero-order valence-electron chi connectivity index (χ0n) is 9.60. The number of rotatable bonds is 5. The Hall–Kier alpha value is -1.10. The predicted molar refractivity (Wildman–Crippen MR) is 60.4 cm³/mol. The van der Waals surface area contributed by atoms with E-state index in [4.69, 9.17) is 14.9 Å². The lowest BCUT2D eigenvalue weighted by atomic mass is 10.1. The molecule has 1 atom stereocenters. The van der Waals surface area contributed by atoms with E-state index in [1.54, 1.807) is 0 Å². The van der Waals surface area contributed by atoms with Crippen molar-refractivity contribution >= 4 is 0 Å². The first kappa shape index (κ1) is 13.0. The number of benzene rings is 1. The molecule has 0 aliphatic rings. The van der Waals surface area contributed by atoms with Gasteiger partial charge in [-0.15, -0.1) is 0 Å². The number of hydrogen-bond donors (Lipinski definition) is 3. The zero-order chi connectivity index (χ0) is 12.1. The molecule has 3 N–H and O–H groups in total. The summed E-state index contributed by atoms with van der Waals surface area (Å²) in [4.78, 5) is 0. The normalized spacial score (nSPS) is 12.6. The van der Waals surface area contributed by atoms with Crippen molar-refractivity contribution in [1.82, 2.24) is 0 Å². The number of hydrogen-bond acceptors (Lipinski definition) is 4. The minimum absolute atomic E-state index is 0.00122. The highest BCUT2D eigenvalue weighted by molar-refractivity contribution is 5.43. The number of aliphatic hydroxyl groups excluding tert-OH is 3. The van der Waals surface area contributed by atoms with Crippen LogP contribution in [0.5, 0.6) is 5.75 Å². The van der Waals surface area contributed by atoms with Crippen molar-refractivity contribution in [2.75, 3.05) is 13.2 Å². The smallest absolute Gasteiger partial charge is 0.125 e. The van der Waals surface area contributed by atoms with Crippen molar-refractivity contribution in [3.05, 3.63) is 28.8 Å². The molecule has 0 bridgehead atoms. The molecule has 1 rings (SSSR count). The Labute approximate surface area is 95.1 Å². The third kappa shape index (κ3) is 3.20. The van der Waals surface area contributed by atoms with Crippen molar-refractivity contribution in [3.8, 4) is 5.75 Å². The van der Waals surface area contributed by atoms with Gasteiger partial charge in [0.25, 0.3) is 0 Å². The van der Waals surface area contributed by atoms with Gasteiger partial charge in [0.1, 0.15) is 18.5 Å². The predicted octanol–water partition coefficient (Wildman–Crippen LogP) is 0.528. The van der Waals surface area contributed by atoms with E-state index in [0.29, 0.717) is 5.75 Å². The van der Waals surface area contributed by atoms with Crippen LogP contribution < -0.4 is 4.74 Å². The lowest BCUT2D eigenvalue weighted by Crippen LogP contribution is -2.21. The minimum Gasteiger partial charge on any atom is -0.490 e. The van der Waals surface area contributed by atoms with Gasteiger partial charge in [-0.1, -0.05) is 12.1 Å². The maximum atomic E-state index is 9.19. The van der Waals surface area contributed by atoms with E-state index in [2.05, 4.69) is 0 Å². The van der Waals surface area contributed by atoms with E-state index in [1.807, 2.05) is 26.0 Å². The van der Waals surface area contributed by atoms with Gasteiger partial charge in [0.05, 0.1) is 13.2 Å². The average molecular weight is 226 g/mol. The molecule has 16 heavy (non-hydrogen) atoms. The molecule has 0 spiro atoms. The first-order valence-corrected chi connectivity index (χ1v) is 5.21. The van der Waals surface area contributed by atoms with Crippen LogP contribution in [-0.4, -0.2) is 34.6 Å². The second-order valence-electron chi connectivity index (χ2n) is 3.86. The Morgan fingerprint density at radius 1 is 1.19 bits per heavy atom. The van der Waals surface area contributed by atoms with E-state index >= 15 is 0 Å². The molecule has 4 heteroatoms. The summed E-state index contributed by atoms with van der Waals surface area (Å²) >= 11 is 0. The molecular formula is C12H18O4. The molecule has 4 nitrogen and oxygen atoms in total. The molecule has 1 unspecified atom stereocenters. The van der Waals surface area contributed by atoms with Gasteiger partial charge >= 0.3 is 0 Å². The molecule has 0 saturated carbocycles. The van der Waals surface area contributed by atoms with Crippen molar-refractivity contribution in [2.45, 2.75) is 26.6 Å². The maximum absolute atomic E-state index is 9.19. The fraction of sp³-hybridized carbons (Fsp3) is 0.500. The van der Waals surface area contributed by atoms with Crippen molar-refractivity contribution < 1.29 is 20.1 Å². The summed E-state index contributed by atoms with van der Waals surface area (Å²) in [6, 6.07) is 3.68. The van der Waals surface area contributed by atoms with E-state index in [9.17, 15) is 5.11 Å². The monoisotopic (exact) mass is 226 g/mol. The quantitative estimate of drug-likeness (QED) is 0.685. The summed E-state index contributed by atoms with van der Waals surface area (Å²) in [5, 5.41) is 26.9. The standard InChI is InChI=1S/C12H18O4/c1-8-3-10(5-13)4-9(2)12(8)16-7-11(15)6-14/h3-4,11,13-15H,5-7H2,1-2H3. The van der Waals surface area contributed by atoms with E-state index < -0.39 is 6.10 Å². The van der Waals surface area contributed by atoms with Crippen molar-refractivity contribution in [3.63, 3.8) is 0 Å². The van der Waals surface area contributed by atoms with Gasteiger partial charge in [0, 0.05) is 0 Å². The highest BCUT2D eigenvalue weighted by atomic mass is 16.5. The molecular weight excluding hydrogens is 208 g/mol.